The first-order valence-corrected chi connectivity index (χ1v) is 8.90. The minimum absolute atomic E-state index is 0.238. The van der Waals surface area contributed by atoms with Gasteiger partial charge < -0.3 is 15.1 Å². The van der Waals surface area contributed by atoms with Crippen LogP contribution in [0.15, 0.2) is 0 Å². The molecule has 0 spiro atoms. The van der Waals surface area contributed by atoms with Crippen LogP contribution in [0.4, 0.5) is 0 Å². The molecule has 1 saturated carbocycles. The first-order valence-electron chi connectivity index (χ1n) is 8.90. The first kappa shape index (κ1) is 17.2. The lowest BCUT2D eigenvalue weighted by Crippen LogP contribution is -2.47. The second-order valence-corrected chi connectivity index (χ2v) is 8.92. The van der Waals surface area contributed by atoms with E-state index < -0.39 is 0 Å². The van der Waals surface area contributed by atoms with Crippen molar-refractivity contribution in [3.8, 4) is 0 Å². The van der Waals surface area contributed by atoms with Crippen LogP contribution < -0.4 is 5.32 Å². The van der Waals surface area contributed by atoms with Crippen molar-refractivity contribution < 1.29 is 0 Å². The molecule has 1 aliphatic heterocycles. The summed E-state index contributed by atoms with van der Waals surface area (Å²) in [6, 6.07) is 0. The summed E-state index contributed by atoms with van der Waals surface area (Å²) in [5, 5.41) is 3.78. The number of likely N-dealkylation sites (tertiary alicyclic amines) is 1. The van der Waals surface area contributed by atoms with Crippen molar-refractivity contribution in [2.45, 2.75) is 58.4 Å². The van der Waals surface area contributed by atoms with Crippen molar-refractivity contribution in [2.75, 3.05) is 46.8 Å². The van der Waals surface area contributed by atoms with E-state index in [1.165, 1.54) is 64.8 Å². The minimum atomic E-state index is 0.238. The monoisotopic (exact) mass is 295 g/mol. The Balaban J connectivity index is 1.83. The molecule has 0 aromatic heterocycles. The van der Waals surface area contributed by atoms with E-state index in [4.69, 9.17) is 0 Å². The number of nitrogens with zero attached hydrogens (tertiary/aromatic N) is 2. The molecule has 1 aliphatic carbocycles. The van der Waals surface area contributed by atoms with Crippen molar-refractivity contribution in [1.82, 2.24) is 15.1 Å². The number of nitrogens with one attached hydrogen (secondary N) is 1. The highest BCUT2D eigenvalue weighted by atomic mass is 15.2. The van der Waals surface area contributed by atoms with Gasteiger partial charge in [-0.3, -0.25) is 0 Å². The van der Waals surface area contributed by atoms with E-state index in [1.807, 2.05) is 0 Å². The molecule has 1 heterocycles. The molecule has 124 valence electrons. The molecular weight excluding hydrogens is 258 g/mol. The van der Waals surface area contributed by atoms with Gasteiger partial charge in [-0.1, -0.05) is 12.8 Å². The van der Waals surface area contributed by atoms with Gasteiger partial charge in [-0.05, 0) is 72.0 Å². The first-order chi connectivity index (χ1) is 9.78. The minimum Gasteiger partial charge on any atom is -0.311 e. The lowest BCUT2D eigenvalue weighted by atomic mass is 9.84. The van der Waals surface area contributed by atoms with Crippen LogP contribution in [0.2, 0.25) is 0 Å². The molecule has 0 radical (unpaired) electrons. The highest BCUT2D eigenvalue weighted by Crippen LogP contribution is 2.38. The molecule has 0 bridgehead atoms. The number of hydrogen-bond donors (Lipinski definition) is 1. The van der Waals surface area contributed by atoms with Crippen LogP contribution in [-0.2, 0) is 0 Å². The Bertz CT molecular complexity index is 315. The third-order valence-electron chi connectivity index (χ3n) is 5.32. The maximum Gasteiger partial charge on any atom is 0.00967 e. The lowest BCUT2D eigenvalue weighted by molar-refractivity contribution is 0.147. The van der Waals surface area contributed by atoms with E-state index in [9.17, 15) is 0 Å². The zero-order valence-corrected chi connectivity index (χ0v) is 15.0. The molecule has 1 unspecified atom stereocenters. The maximum absolute atomic E-state index is 3.78. The number of rotatable bonds is 6. The van der Waals surface area contributed by atoms with Gasteiger partial charge in [0.25, 0.3) is 0 Å². The molecule has 0 amide bonds. The van der Waals surface area contributed by atoms with E-state index in [0.717, 1.165) is 5.92 Å². The van der Waals surface area contributed by atoms with Crippen LogP contribution in [0.1, 0.15) is 52.9 Å². The van der Waals surface area contributed by atoms with Crippen molar-refractivity contribution in [3.05, 3.63) is 0 Å². The van der Waals surface area contributed by atoms with E-state index in [2.05, 4.69) is 50.0 Å². The van der Waals surface area contributed by atoms with Crippen LogP contribution in [0, 0.1) is 11.3 Å². The normalized spacial score (nSPS) is 26.9. The molecule has 21 heavy (non-hydrogen) atoms. The molecule has 3 heteroatoms. The molecule has 0 aromatic carbocycles. The fourth-order valence-electron chi connectivity index (χ4n) is 4.22. The summed E-state index contributed by atoms with van der Waals surface area (Å²) in [7, 11) is 4.60. The van der Waals surface area contributed by atoms with Crippen LogP contribution in [0.3, 0.4) is 0 Å². The van der Waals surface area contributed by atoms with Gasteiger partial charge in [0.15, 0.2) is 0 Å². The van der Waals surface area contributed by atoms with Crippen molar-refractivity contribution in [3.63, 3.8) is 0 Å². The lowest BCUT2D eigenvalue weighted by Gasteiger charge is -2.37. The quantitative estimate of drug-likeness (QED) is 0.813. The van der Waals surface area contributed by atoms with Gasteiger partial charge in [-0.2, -0.15) is 0 Å². The standard InChI is InChI=1S/C18H37N3/c1-17(2,3)19-14-18(9-6-7-10-18)15-21(5)13-16-8-11-20(4)12-16/h16,19H,6-15H2,1-5H3. The predicted molar refractivity (Wildman–Crippen MR) is 91.8 cm³/mol. The Morgan fingerprint density at radius 1 is 1.24 bits per heavy atom. The second kappa shape index (κ2) is 6.97. The largest absolute Gasteiger partial charge is 0.311 e. The van der Waals surface area contributed by atoms with Crippen molar-refractivity contribution >= 4 is 0 Å². The Hall–Kier alpha value is -0.120. The molecule has 2 rings (SSSR count). The molecule has 1 atom stereocenters. The average Bonchev–Trinajstić information content (AvgIpc) is 2.96. The summed E-state index contributed by atoms with van der Waals surface area (Å²) >= 11 is 0. The molecule has 2 aliphatic rings. The molecule has 1 N–H and O–H groups in total. The summed E-state index contributed by atoms with van der Waals surface area (Å²) in [5.41, 5.74) is 0.759. The number of hydrogen-bond acceptors (Lipinski definition) is 3. The Kier molecular flexibility index (Phi) is 5.72. The average molecular weight is 296 g/mol. The summed E-state index contributed by atoms with van der Waals surface area (Å²) in [4.78, 5) is 5.10. The van der Waals surface area contributed by atoms with E-state index in [1.54, 1.807) is 0 Å². The predicted octanol–water partition coefficient (Wildman–Crippen LogP) is 2.82. The van der Waals surface area contributed by atoms with Gasteiger partial charge in [0.2, 0.25) is 0 Å². The Morgan fingerprint density at radius 3 is 2.43 bits per heavy atom. The molecule has 1 saturated heterocycles. The van der Waals surface area contributed by atoms with Crippen molar-refractivity contribution in [2.24, 2.45) is 11.3 Å². The van der Waals surface area contributed by atoms with Gasteiger partial charge in [-0.15, -0.1) is 0 Å². The Labute approximate surface area is 132 Å². The SMILES string of the molecule is CN1CCC(CN(C)CC2(CNC(C)(C)C)CCCC2)C1. The molecular formula is C18H37N3. The second-order valence-electron chi connectivity index (χ2n) is 8.92. The van der Waals surface area contributed by atoms with Gasteiger partial charge >= 0.3 is 0 Å². The van der Waals surface area contributed by atoms with Gasteiger partial charge in [0.1, 0.15) is 0 Å². The summed E-state index contributed by atoms with van der Waals surface area (Å²) < 4.78 is 0. The fraction of sp³-hybridized carbons (Fsp3) is 1.00. The van der Waals surface area contributed by atoms with Gasteiger partial charge in [0, 0.05) is 31.7 Å². The Morgan fingerprint density at radius 2 is 1.90 bits per heavy atom. The maximum atomic E-state index is 3.78. The third-order valence-corrected chi connectivity index (χ3v) is 5.32. The zero-order chi connectivity index (χ0) is 15.5. The molecule has 2 fully saturated rings. The van der Waals surface area contributed by atoms with Crippen LogP contribution in [-0.4, -0.2) is 62.2 Å². The topological polar surface area (TPSA) is 18.5 Å². The molecule has 0 aromatic rings. The van der Waals surface area contributed by atoms with E-state index in [0.29, 0.717) is 5.41 Å². The summed E-state index contributed by atoms with van der Waals surface area (Å²) in [5.74, 6) is 0.883. The van der Waals surface area contributed by atoms with Gasteiger partial charge in [-0.25, -0.2) is 0 Å². The van der Waals surface area contributed by atoms with Crippen LogP contribution >= 0.6 is 0 Å². The summed E-state index contributed by atoms with van der Waals surface area (Å²) in [6.45, 7) is 13.2. The smallest absolute Gasteiger partial charge is 0.00967 e. The third kappa shape index (κ3) is 5.54. The zero-order valence-electron chi connectivity index (χ0n) is 15.0. The van der Waals surface area contributed by atoms with E-state index >= 15 is 0 Å². The fourth-order valence-corrected chi connectivity index (χ4v) is 4.22. The van der Waals surface area contributed by atoms with Crippen molar-refractivity contribution in [1.29, 1.82) is 0 Å². The van der Waals surface area contributed by atoms with Gasteiger partial charge in [0.05, 0.1) is 0 Å². The van der Waals surface area contributed by atoms with Crippen LogP contribution in [0.5, 0.6) is 0 Å². The van der Waals surface area contributed by atoms with E-state index in [-0.39, 0.29) is 5.54 Å². The highest BCUT2D eigenvalue weighted by molar-refractivity contribution is 4.91. The molecule has 3 nitrogen and oxygen atoms in total. The van der Waals surface area contributed by atoms with Crippen LogP contribution in [0.25, 0.3) is 0 Å². The highest BCUT2D eigenvalue weighted by Gasteiger charge is 2.36. The summed E-state index contributed by atoms with van der Waals surface area (Å²) in [6.07, 6.45) is 7.04.